The van der Waals surface area contributed by atoms with Crippen LogP contribution in [0.2, 0.25) is 0 Å². The van der Waals surface area contributed by atoms with Crippen molar-refractivity contribution >= 4 is 0 Å². The van der Waals surface area contributed by atoms with Gasteiger partial charge in [-0.05, 0) is 37.1 Å². The van der Waals surface area contributed by atoms with Crippen LogP contribution >= 0.6 is 0 Å². The molecule has 0 radical (unpaired) electrons. The van der Waals surface area contributed by atoms with Gasteiger partial charge < -0.3 is 10.5 Å². The molecule has 1 unspecified atom stereocenters. The van der Waals surface area contributed by atoms with Crippen LogP contribution in [0.4, 0.5) is 0 Å². The first-order valence-corrected chi connectivity index (χ1v) is 6.13. The second kappa shape index (κ2) is 5.23. The van der Waals surface area contributed by atoms with Gasteiger partial charge in [0.05, 0.1) is 7.11 Å². The molecular formula is C16H19NO. The quantitative estimate of drug-likeness (QED) is 0.889. The first-order valence-electron chi connectivity index (χ1n) is 6.13. The zero-order chi connectivity index (χ0) is 13.1. The maximum Gasteiger partial charge on any atom is 0.126 e. The Hall–Kier alpha value is -1.80. The summed E-state index contributed by atoms with van der Waals surface area (Å²) in [7, 11) is 1.70. The van der Waals surface area contributed by atoms with Gasteiger partial charge in [0.1, 0.15) is 5.75 Å². The van der Waals surface area contributed by atoms with Gasteiger partial charge in [-0.2, -0.15) is 0 Å². The third-order valence-corrected chi connectivity index (χ3v) is 3.10. The van der Waals surface area contributed by atoms with E-state index in [1.54, 1.807) is 7.11 Å². The molecule has 1 atom stereocenters. The fourth-order valence-electron chi connectivity index (χ4n) is 2.17. The number of hydrogen-bond acceptors (Lipinski definition) is 2. The highest BCUT2D eigenvalue weighted by Crippen LogP contribution is 2.34. The van der Waals surface area contributed by atoms with Gasteiger partial charge in [-0.3, -0.25) is 0 Å². The molecule has 0 aliphatic heterocycles. The van der Waals surface area contributed by atoms with E-state index in [1.165, 1.54) is 5.56 Å². The van der Waals surface area contributed by atoms with Crippen LogP contribution in [0.15, 0.2) is 42.5 Å². The summed E-state index contributed by atoms with van der Waals surface area (Å²) in [5.74, 6) is 0.883. The highest BCUT2D eigenvalue weighted by atomic mass is 16.5. The molecule has 2 aromatic carbocycles. The lowest BCUT2D eigenvalue weighted by Gasteiger charge is -2.16. The molecular weight excluding hydrogens is 222 g/mol. The lowest BCUT2D eigenvalue weighted by molar-refractivity contribution is 0.416. The zero-order valence-electron chi connectivity index (χ0n) is 11.1. The van der Waals surface area contributed by atoms with Crippen molar-refractivity contribution in [1.29, 1.82) is 0 Å². The van der Waals surface area contributed by atoms with Crippen LogP contribution in [-0.2, 0) is 0 Å². The second-order valence-electron chi connectivity index (χ2n) is 4.58. The van der Waals surface area contributed by atoms with Crippen molar-refractivity contribution in [2.24, 2.45) is 5.73 Å². The van der Waals surface area contributed by atoms with E-state index in [-0.39, 0.29) is 6.04 Å². The minimum atomic E-state index is 0.00594. The Morgan fingerprint density at radius 2 is 1.78 bits per heavy atom. The van der Waals surface area contributed by atoms with E-state index in [0.717, 1.165) is 22.4 Å². The molecule has 0 fully saturated rings. The molecule has 0 aliphatic carbocycles. The van der Waals surface area contributed by atoms with Gasteiger partial charge in [0.2, 0.25) is 0 Å². The summed E-state index contributed by atoms with van der Waals surface area (Å²) < 4.78 is 5.45. The Balaban J connectivity index is 2.64. The van der Waals surface area contributed by atoms with Crippen molar-refractivity contribution < 1.29 is 4.74 Å². The van der Waals surface area contributed by atoms with Crippen LogP contribution in [-0.4, -0.2) is 7.11 Å². The van der Waals surface area contributed by atoms with E-state index >= 15 is 0 Å². The monoisotopic (exact) mass is 241 g/mol. The van der Waals surface area contributed by atoms with E-state index in [0.29, 0.717) is 0 Å². The second-order valence-corrected chi connectivity index (χ2v) is 4.58. The molecule has 2 heteroatoms. The van der Waals surface area contributed by atoms with Crippen molar-refractivity contribution in [3.8, 4) is 16.9 Å². The minimum absolute atomic E-state index is 0.00594. The van der Waals surface area contributed by atoms with Crippen LogP contribution in [0.3, 0.4) is 0 Å². The summed E-state index contributed by atoms with van der Waals surface area (Å²) in [6.45, 7) is 4.08. The molecule has 2 rings (SSSR count). The Bertz CT molecular complexity index is 547. The van der Waals surface area contributed by atoms with E-state index < -0.39 is 0 Å². The molecule has 0 spiro atoms. The number of methoxy groups -OCH3 is 1. The van der Waals surface area contributed by atoms with Crippen LogP contribution in [0.5, 0.6) is 5.75 Å². The SMILES string of the molecule is COc1ccc(C)cc1-c1ccccc1C(C)N. The van der Waals surface area contributed by atoms with Gasteiger partial charge in [0.15, 0.2) is 0 Å². The number of aryl methyl sites for hydroxylation is 1. The molecule has 2 nitrogen and oxygen atoms in total. The first kappa shape index (κ1) is 12.7. The number of benzene rings is 2. The highest BCUT2D eigenvalue weighted by Gasteiger charge is 2.12. The molecule has 0 bridgehead atoms. The normalized spacial score (nSPS) is 12.2. The summed E-state index contributed by atoms with van der Waals surface area (Å²) in [6.07, 6.45) is 0. The third-order valence-electron chi connectivity index (χ3n) is 3.10. The van der Waals surface area contributed by atoms with Gasteiger partial charge in [-0.15, -0.1) is 0 Å². The van der Waals surface area contributed by atoms with E-state index in [1.807, 2.05) is 25.1 Å². The molecule has 18 heavy (non-hydrogen) atoms. The Kier molecular flexibility index (Phi) is 3.68. The maximum atomic E-state index is 6.04. The first-order chi connectivity index (χ1) is 8.63. The summed E-state index contributed by atoms with van der Waals surface area (Å²) in [5.41, 5.74) is 10.6. The molecule has 0 heterocycles. The predicted molar refractivity (Wildman–Crippen MR) is 75.8 cm³/mol. The maximum absolute atomic E-state index is 6.04. The van der Waals surface area contributed by atoms with Crippen molar-refractivity contribution in [3.63, 3.8) is 0 Å². The van der Waals surface area contributed by atoms with Gasteiger partial charge in [0.25, 0.3) is 0 Å². The number of nitrogens with two attached hydrogens (primary N) is 1. The van der Waals surface area contributed by atoms with Crippen molar-refractivity contribution in [1.82, 2.24) is 0 Å². The Labute approximate surface area is 108 Å². The van der Waals surface area contributed by atoms with Gasteiger partial charge in [0, 0.05) is 11.6 Å². The van der Waals surface area contributed by atoms with E-state index in [2.05, 4.69) is 31.2 Å². The van der Waals surface area contributed by atoms with Crippen molar-refractivity contribution in [2.75, 3.05) is 7.11 Å². The molecule has 94 valence electrons. The van der Waals surface area contributed by atoms with E-state index in [9.17, 15) is 0 Å². The predicted octanol–water partition coefficient (Wildman–Crippen LogP) is 3.69. The van der Waals surface area contributed by atoms with Gasteiger partial charge in [-0.25, -0.2) is 0 Å². The van der Waals surface area contributed by atoms with Gasteiger partial charge >= 0.3 is 0 Å². The van der Waals surface area contributed by atoms with Crippen LogP contribution in [0, 0.1) is 6.92 Å². The number of hydrogen-bond donors (Lipinski definition) is 1. The fourth-order valence-corrected chi connectivity index (χ4v) is 2.17. The average molecular weight is 241 g/mol. The minimum Gasteiger partial charge on any atom is -0.496 e. The fraction of sp³-hybridized carbons (Fsp3) is 0.250. The topological polar surface area (TPSA) is 35.2 Å². The molecule has 2 aromatic rings. The van der Waals surface area contributed by atoms with Crippen molar-refractivity contribution in [2.45, 2.75) is 19.9 Å². The highest BCUT2D eigenvalue weighted by molar-refractivity contribution is 5.74. The number of rotatable bonds is 3. The van der Waals surface area contributed by atoms with Crippen LogP contribution < -0.4 is 10.5 Å². The standard InChI is InChI=1S/C16H19NO/c1-11-8-9-16(18-3)15(10-11)14-7-5-4-6-13(14)12(2)17/h4-10,12H,17H2,1-3H3. The van der Waals surface area contributed by atoms with Crippen LogP contribution in [0.1, 0.15) is 24.1 Å². The smallest absolute Gasteiger partial charge is 0.126 e. The number of ether oxygens (including phenoxy) is 1. The van der Waals surface area contributed by atoms with Gasteiger partial charge in [-0.1, -0.05) is 35.9 Å². The summed E-state index contributed by atoms with van der Waals surface area (Å²) in [4.78, 5) is 0. The summed E-state index contributed by atoms with van der Waals surface area (Å²) >= 11 is 0. The lowest BCUT2D eigenvalue weighted by atomic mass is 9.94. The molecule has 0 aliphatic rings. The molecule has 0 saturated heterocycles. The largest absolute Gasteiger partial charge is 0.496 e. The molecule has 0 aromatic heterocycles. The molecule has 0 saturated carbocycles. The molecule has 0 amide bonds. The third kappa shape index (κ3) is 2.39. The summed E-state index contributed by atoms with van der Waals surface area (Å²) in [6, 6.07) is 14.4. The van der Waals surface area contributed by atoms with Crippen molar-refractivity contribution in [3.05, 3.63) is 53.6 Å². The lowest BCUT2D eigenvalue weighted by Crippen LogP contribution is -2.06. The average Bonchev–Trinajstić information content (AvgIpc) is 2.38. The molecule has 2 N–H and O–H groups in total. The van der Waals surface area contributed by atoms with Crippen LogP contribution in [0.25, 0.3) is 11.1 Å². The van der Waals surface area contributed by atoms with E-state index in [4.69, 9.17) is 10.5 Å². The Morgan fingerprint density at radius 3 is 2.44 bits per heavy atom. The summed E-state index contributed by atoms with van der Waals surface area (Å²) in [5, 5.41) is 0. The zero-order valence-corrected chi connectivity index (χ0v) is 11.1. The Morgan fingerprint density at radius 1 is 1.06 bits per heavy atom.